The summed E-state index contributed by atoms with van der Waals surface area (Å²) in [6.45, 7) is 7.48. The normalized spacial score (nSPS) is 10.5. The second kappa shape index (κ2) is 11.8. The average Bonchev–Trinajstić information content (AvgIpc) is 2.81. The third-order valence-electron chi connectivity index (χ3n) is 4.94. The van der Waals surface area contributed by atoms with Gasteiger partial charge in [-0.1, -0.05) is 13.8 Å². The van der Waals surface area contributed by atoms with Crippen LogP contribution >= 0.6 is 0 Å². The van der Waals surface area contributed by atoms with E-state index in [-0.39, 0.29) is 11.8 Å². The Balaban J connectivity index is 2.03. The minimum absolute atomic E-state index is 0.144. The molecule has 0 spiro atoms. The summed E-state index contributed by atoms with van der Waals surface area (Å²) < 4.78 is 15.9. The number of benzene rings is 2. The van der Waals surface area contributed by atoms with E-state index in [2.05, 4.69) is 29.4 Å². The molecule has 2 rings (SSSR count). The summed E-state index contributed by atoms with van der Waals surface area (Å²) in [7, 11) is 4.48. The van der Waals surface area contributed by atoms with Crippen molar-refractivity contribution in [1.82, 2.24) is 10.2 Å². The lowest BCUT2D eigenvalue weighted by Gasteiger charge is -2.18. The molecule has 0 aliphatic heterocycles. The fraction of sp³-hybridized carbons (Fsp3) is 0.391. The molecule has 2 N–H and O–H groups in total. The maximum absolute atomic E-state index is 12.7. The molecule has 0 aliphatic rings. The van der Waals surface area contributed by atoms with Gasteiger partial charge in [-0.25, -0.2) is 0 Å². The van der Waals surface area contributed by atoms with Gasteiger partial charge in [0.1, 0.15) is 0 Å². The predicted octanol–water partition coefficient (Wildman–Crippen LogP) is 3.04. The van der Waals surface area contributed by atoms with Crippen molar-refractivity contribution in [2.75, 3.05) is 52.8 Å². The van der Waals surface area contributed by atoms with Gasteiger partial charge in [-0.15, -0.1) is 0 Å². The lowest BCUT2D eigenvalue weighted by atomic mass is 10.1. The van der Waals surface area contributed by atoms with Gasteiger partial charge in [-0.2, -0.15) is 0 Å². The van der Waals surface area contributed by atoms with Gasteiger partial charge in [0.05, 0.1) is 21.3 Å². The molecule has 8 nitrogen and oxygen atoms in total. The molecule has 2 aromatic rings. The maximum Gasteiger partial charge on any atom is 0.255 e. The lowest BCUT2D eigenvalue weighted by molar-refractivity contribution is 0.0948. The Labute approximate surface area is 183 Å². The lowest BCUT2D eigenvalue weighted by Crippen LogP contribution is -2.34. The summed E-state index contributed by atoms with van der Waals surface area (Å²) in [4.78, 5) is 27.2. The highest BCUT2D eigenvalue weighted by atomic mass is 16.5. The molecule has 8 heteroatoms. The first-order valence-corrected chi connectivity index (χ1v) is 10.2. The fourth-order valence-electron chi connectivity index (χ4n) is 3.09. The second-order valence-electron chi connectivity index (χ2n) is 6.73. The third-order valence-corrected chi connectivity index (χ3v) is 4.94. The molecule has 31 heavy (non-hydrogen) atoms. The van der Waals surface area contributed by atoms with E-state index in [1.165, 1.54) is 21.3 Å². The van der Waals surface area contributed by atoms with Gasteiger partial charge < -0.3 is 29.7 Å². The number of carbonyl (C=O) groups excluding carboxylic acids is 2. The van der Waals surface area contributed by atoms with E-state index in [1.54, 1.807) is 36.4 Å². The van der Waals surface area contributed by atoms with Gasteiger partial charge in [0, 0.05) is 29.9 Å². The van der Waals surface area contributed by atoms with Crippen molar-refractivity contribution in [3.05, 3.63) is 47.5 Å². The Kier molecular flexibility index (Phi) is 9.14. The van der Waals surface area contributed by atoms with Crippen molar-refractivity contribution in [3.8, 4) is 17.2 Å². The Morgan fingerprint density at radius 3 is 1.90 bits per heavy atom. The number of likely N-dealkylation sites (N-methyl/N-ethyl adjacent to an activating group) is 1. The molecule has 0 unspecified atom stereocenters. The van der Waals surface area contributed by atoms with Crippen LogP contribution in [0.25, 0.3) is 0 Å². The monoisotopic (exact) mass is 429 g/mol. The van der Waals surface area contributed by atoms with E-state index in [9.17, 15) is 9.59 Å². The van der Waals surface area contributed by atoms with Crippen LogP contribution < -0.4 is 24.8 Å². The summed E-state index contributed by atoms with van der Waals surface area (Å²) in [5.41, 5.74) is 1.46. The summed E-state index contributed by atoms with van der Waals surface area (Å²) in [5.74, 6) is 0.718. The minimum Gasteiger partial charge on any atom is -0.493 e. The highest BCUT2D eigenvalue weighted by molar-refractivity contribution is 6.05. The molecule has 2 aromatic carbocycles. The van der Waals surface area contributed by atoms with Gasteiger partial charge in [0.2, 0.25) is 5.75 Å². The average molecular weight is 430 g/mol. The minimum atomic E-state index is -0.337. The molecular formula is C23H31N3O5. The molecule has 0 aromatic heterocycles. The number of anilines is 1. The van der Waals surface area contributed by atoms with Gasteiger partial charge in [-0.05, 0) is 49.5 Å². The highest BCUT2D eigenvalue weighted by Gasteiger charge is 2.17. The first-order chi connectivity index (χ1) is 15.0. The van der Waals surface area contributed by atoms with Crippen molar-refractivity contribution in [2.45, 2.75) is 13.8 Å². The molecule has 0 heterocycles. The van der Waals surface area contributed by atoms with E-state index in [4.69, 9.17) is 14.2 Å². The molecular weight excluding hydrogens is 398 g/mol. The van der Waals surface area contributed by atoms with Crippen LogP contribution in [0.2, 0.25) is 0 Å². The Hall–Kier alpha value is -3.26. The Morgan fingerprint density at radius 2 is 1.42 bits per heavy atom. The predicted molar refractivity (Wildman–Crippen MR) is 121 cm³/mol. The largest absolute Gasteiger partial charge is 0.493 e. The number of rotatable bonds is 11. The van der Waals surface area contributed by atoms with Crippen LogP contribution in [0.4, 0.5) is 5.69 Å². The van der Waals surface area contributed by atoms with Gasteiger partial charge >= 0.3 is 0 Å². The van der Waals surface area contributed by atoms with Crippen LogP contribution in [0.5, 0.6) is 17.2 Å². The molecule has 0 saturated heterocycles. The number of nitrogens with zero attached hydrogens (tertiary/aromatic N) is 1. The summed E-state index contributed by atoms with van der Waals surface area (Å²) >= 11 is 0. The molecule has 0 radical (unpaired) electrons. The number of ether oxygens (including phenoxy) is 3. The molecule has 168 valence electrons. The second-order valence-corrected chi connectivity index (χ2v) is 6.73. The molecule has 2 amide bonds. The Bertz CT molecular complexity index is 854. The van der Waals surface area contributed by atoms with Crippen molar-refractivity contribution >= 4 is 17.5 Å². The molecule has 0 fully saturated rings. The molecule has 0 saturated carbocycles. The third kappa shape index (κ3) is 6.36. The number of hydrogen-bond acceptors (Lipinski definition) is 6. The molecule has 0 bridgehead atoms. The number of hydrogen-bond donors (Lipinski definition) is 2. The van der Waals surface area contributed by atoms with E-state index >= 15 is 0 Å². The first-order valence-electron chi connectivity index (χ1n) is 10.2. The standard InChI is InChI=1S/C23H31N3O5/c1-6-26(7-2)13-12-24-22(27)16-8-10-18(11-9-16)25-23(28)17-14-19(29-3)21(31-5)20(15-17)30-4/h8-11,14-15H,6-7,12-13H2,1-5H3,(H,24,27)(H,25,28). The fourth-order valence-corrected chi connectivity index (χ4v) is 3.09. The van der Waals surface area contributed by atoms with Crippen LogP contribution in [0.1, 0.15) is 34.6 Å². The van der Waals surface area contributed by atoms with Crippen LogP contribution in [0.15, 0.2) is 36.4 Å². The van der Waals surface area contributed by atoms with Crippen molar-refractivity contribution in [2.24, 2.45) is 0 Å². The van der Waals surface area contributed by atoms with E-state index < -0.39 is 0 Å². The van der Waals surface area contributed by atoms with Gasteiger partial charge in [0.25, 0.3) is 11.8 Å². The zero-order valence-electron chi connectivity index (χ0n) is 18.8. The molecule has 0 aliphatic carbocycles. The smallest absolute Gasteiger partial charge is 0.255 e. The van der Waals surface area contributed by atoms with E-state index in [1.807, 2.05) is 0 Å². The summed E-state index contributed by atoms with van der Waals surface area (Å²) in [5, 5.41) is 5.72. The Morgan fingerprint density at radius 1 is 0.839 bits per heavy atom. The van der Waals surface area contributed by atoms with Crippen LogP contribution in [-0.2, 0) is 0 Å². The summed E-state index contributed by atoms with van der Waals surface area (Å²) in [6.07, 6.45) is 0. The molecule has 0 atom stereocenters. The first kappa shape index (κ1) is 24.0. The van der Waals surface area contributed by atoms with E-state index in [0.717, 1.165) is 19.6 Å². The quantitative estimate of drug-likeness (QED) is 0.571. The van der Waals surface area contributed by atoms with Crippen LogP contribution in [0.3, 0.4) is 0 Å². The van der Waals surface area contributed by atoms with Gasteiger partial charge in [0.15, 0.2) is 11.5 Å². The number of methoxy groups -OCH3 is 3. The number of carbonyl (C=O) groups is 2. The zero-order chi connectivity index (χ0) is 22.8. The van der Waals surface area contributed by atoms with Crippen molar-refractivity contribution in [3.63, 3.8) is 0 Å². The number of nitrogens with one attached hydrogen (secondary N) is 2. The van der Waals surface area contributed by atoms with Crippen molar-refractivity contribution in [1.29, 1.82) is 0 Å². The topological polar surface area (TPSA) is 89.1 Å². The van der Waals surface area contributed by atoms with E-state index in [0.29, 0.717) is 40.6 Å². The van der Waals surface area contributed by atoms with Crippen LogP contribution in [-0.4, -0.2) is 64.2 Å². The van der Waals surface area contributed by atoms with Crippen LogP contribution in [0, 0.1) is 0 Å². The zero-order valence-corrected chi connectivity index (χ0v) is 18.8. The SMILES string of the molecule is CCN(CC)CCNC(=O)c1ccc(NC(=O)c2cc(OC)c(OC)c(OC)c2)cc1. The number of amides is 2. The van der Waals surface area contributed by atoms with Crippen molar-refractivity contribution < 1.29 is 23.8 Å². The summed E-state index contributed by atoms with van der Waals surface area (Å²) in [6, 6.07) is 9.89. The highest BCUT2D eigenvalue weighted by Crippen LogP contribution is 2.38. The maximum atomic E-state index is 12.7. The van der Waals surface area contributed by atoms with Gasteiger partial charge in [-0.3, -0.25) is 9.59 Å².